The van der Waals surface area contributed by atoms with Crippen LogP contribution < -0.4 is 4.74 Å². The zero-order valence-electron chi connectivity index (χ0n) is 15.0. The lowest BCUT2D eigenvalue weighted by molar-refractivity contribution is -0.139. The van der Waals surface area contributed by atoms with Crippen LogP contribution in [0.5, 0.6) is 5.75 Å². The molecule has 1 fully saturated rings. The molecule has 2 unspecified atom stereocenters. The number of likely N-dealkylation sites (tertiary alicyclic amines) is 1. The Balaban J connectivity index is 1.93. The summed E-state index contributed by atoms with van der Waals surface area (Å²) in [5.41, 5.74) is 0. The summed E-state index contributed by atoms with van der Waals surface area (Å²) in [6.45, 7) is 2.77. The lowest BCUT2D eigenvalue weighted by Gasteiger charge is -2.27. The number of aliphatic carboxylic acids is 1. The van der Waals surface area contributed by atoms with Gasteiger partial charge in [-0.3, -0.25) is 14.5 Å². The summed E-state index contributed by atoms with van der Waals surface area (Å²) < 4.78 is 18.7. The molecule has 8 heteroatoms. The molecule has 1 heterocycles. The number of nitrogens with zero attached hydrogens (tertiary/aromatic N) is 2. The average Bonchev–Trinajstić information content (AvgIpc) is 2.82. The van der Waals surface area contributed by atoms with E-state index in [4.69, 9.17) is 21.4 Å². The van der Waals surface area contributed by atoms with Crippen LogP contribution in [0.3, 0.4) is 0 Å². The van der Waals surface area contributed by atoms with Gasteiger partial charge in [0.05, 0.1) is 11.6 Å². The van der Waals surface area contributed by atoms with Crippen LogP contribution in [0.2, 0.25) is 5.02 Å². The quantitative estimate of drug-likeness (QED) is 0.813. The summed E-state index contributed by atoms with van der Waals surface area (Å²) in [6.07, 6.45) is 1.60. The highest BCUT2D eigenvalue weighted by molar-refractivity contribution is 6.32. The number of carbonyl (C=O) groups is 2. The number of rotatable bonds is 6. The lowest BCUT2D eigenvalue weighted by Crippen LogP contribution is -2.42. The van der Waals surface area contributed by atoms with Gasteiger partial charge in [-0.05, 0) is 51.4 Å². The summed E-state index contributed by atoms with van der Waals surface area (Å²) in [5, 5.41) is 9.04. The molecule has 2 rings (SSSR count). The fourth-order valence-electron chi connectivity index (χ4n) is 3.15. The maximum Gasteiger partial charge on any atom is 0.317 e. The molecule has 144 valence electrons. The second-order valence-corrected chi connectivity index (χ2v) is 6.96. The maximum atomic E-state index is 13.1. The molecule has 6 nitrogen and oxygen atoms in total. The Hall–Kier alpha value is -1.86. The minimum absolute atomic E-state index is 0.0127. The van der Waals surface area contributed by atoms with Crippen LogP contribution in [-0.2, 0) is 9.59 Å². The van der Waals surface area contributed by atoms with E-state index >= 15 is 0 Å². The number of likely N-dealkylation sites (N-methyl/N-ethyl adjacent to an activating group) is 1. The monoisotopic (exact) mass is 386 g/mol. The van der Waals surface area contributed by atoms with Gasteiger partial charge in [0.1, 0.15) is 11.6 Å². The van der Waals surface area contributed by atoms with Gasteiger partial charge < -0.3 is 14.7 Å². The predicted octanol–water partition coefficient (Wildman–Crippen LogP) is 2.64. The van der Waals surface area contributed by atoms with Crippen LogP contribution in [0.15, 0.2) is 18.2 Å². The molecule has 26 heavy (non-hydrogen) atoms. The Labute approximate surface area is 157 Å². The predicted molar refractivity (Wildman–Crippen MR) is 96.0 cm³/mol. The van der Waals surface area contributed by atoms with Gasteiger partial charge in [-0.2, -0.15) is 0 Å². The van der Waals surface area contributed by atoms with Crippen LogP contribution in [0, 0.1) is 5.82 Å². The van der Waals surface area contributed by atoms with E-state index in [-0.39, 0.29) is 29.3 Å². The highest BCUT2D eigenvalue weighted by Crippen LogP contribution is 2.26. The zero-order chi connectivity index (χ0) is 19.3. The number of benzene rings is 1. The summed E-state index contributed by atoms with van der Waals surface area (Å²) in [7, 11) is 1.79. The van der Waals surface area contributed by atoms with Gasteiger partial charge >= 0.3 is 5.97 Å². The summed E-state index contributed by atoms with van der Waals surface area (Å²) in [4.78, 5) is 27.1. The number of carbonyl (C=O) groups excluding carboxylic acids is 1. The third kappa shape index (κ3) is 5.57. The number of hydrogen-bond donors (Lipinski definition) is 1. The Morgan fingerprint density at radius 3 is 2.81 bits per heavy atom. The lowest BCUT2D eigenvalue weighted by atomic mass is 10.1. The highest BCUT2D eigenvalue weighted by atomic mass is 35.5. The van der Waals surface area contributed by atoms with E-state index in [1.807, 2.05) is 4.90 Å². The molecule has 2 atom stereocenters. The molecule has 0 spiro atoms. The summed E-state index contributed by atoms with van der Waals surface area (Å²) in [6, 6.07) is 3.91. The van der Waals surface area contributed by atoms with Crippen molar-refractivity contribution in [1.29, 1.82) is 0 Å². The molecule has 0 aromatic heterocycles. The second kappa shape index (κ2) is 9.19. The summed E-state index contributed by atoms with van der Waals surface area (Å²) >= 11 is 5.94. The van der Waals surface area contributed by atoms with E-state index < -0.39 is 17.9 Å². The number of hydrogen-bond acceptors (Lipinski definition) is 4. The molecule has 1 saturated heterocycles. The molecule has 1 aliphatic rings. The van der Waals surface area contributed by atoms with Crippen molar-refractivity contribution in [2.45, 2.75) is 38.3 Å². The van der Waals surface area contributed by atoms with E-state index in [1.54, 1.807) is 18.9 Å². The van der Waals surface area contributed by atoms with Gasteiger partial charge in [-0.1, -0.05) is 11.6 Å². The molecule has 0 saturated carbocycles. The molecular weight excluding hydrogens is 363 g/mol. The Bertz CT molecular complexity index is 658. The number of halogens is 2. The van der Waals surface area contributed by atoms with Gasteiger partial charge in [0.25, 0.3) is 5.91 Å². The average molecular weight is 387 g/mol. The number of carboxylic acid groups (broad SMARTS) is 1. The van der Waals surface area contributed by atoms with Crippen LogP contribution in [-0.4, -0.2) is 65.6 Å². The van der Waals surface area contributed by atoms with Crippen molar-refractivity contribution < 1.29 is 23.8 Å². The second-order valence-electron chi connectivity index (χ2n) is 6.55. The first kappa shape index (κ1) is 20.5. The number of ether oxygens (including phenoxy) is 1. The van der Waals surface area contributed by atoms with E-state index in [0.29, 0.717) is 19.5 Å². The van der Waals surface area contributed by atoms with E-state index in [9.17, 15) is 14.0 Å². The minimum atomic E-state index is -0.858. The maximum absolute atomic E-state index is 13.1. The largest absolute Gasteiger partial charge is 0.480 e. The van der Waals surface area contributed by atoms with Gasteiger partial charge in [-0.15, -0.1) is 0 Å². The third-order valence-electron chi connectivity index (χ3n) is 4.56. The zero-order valence-corrected chi connectivity index (χ0v) is 15.7. The van der Waals surface area contributed by atoms with E-state index in [2.05, 4.69) is 0 Å². The van der Waals surface area contributed by atoms with Crippen LogP contribution in [0.25, 0.3) is 0 Å². The smallest absolute Gasteiger partial charge is 0.317 e. The fraction of sp³-hybridized carbons (Fsp3) is 0.556. The van der Waals surface area contributed by atoms with Crippen LogP contribution in [0.4, 0.5) is 4.39 Å². The third-order valence-corrected chi connectivity index (χ3v) is 4.86. The molecule has 1 aliphatic heterocycles. The Kier molecular flexibility index (Phi) is 7.23. The van der Waals surface area contributed by atoms with Crippen molar-refractivity contribution in [3.05, 3.63) is 29.0 Å². The minimum Gasteiger partial charge on any atom is -0.480 e. The van der Waals surface area contributed by atoms with Crippen molar-refractivity contribution in [2.24, 2.45) is 0 Å². The first-order valence-electron chi connectivity index (χ1n) is 8.60. The normalized spacial score (nSPS) is 19.1. The summed E-state index contributed by atoms with van der Waals surface area (Å²) in [5.74, 6) is -1.22. The van der Waals surface area contributed by atoms with Crippen molar-refractivity contribution in [3.8, 4) is 5.75 Å². The molecule has 1 aromatic carbocycles. The molecule has 0 radical (unpaired) electrons. The molecular formula is C18H24ClFN2O4. The van der Waals surface area contributed by atoms with E-state index in [0.717, 1.165) is 18.9 Å². The van der Waals surface area contributed by atoms with Crippen molar-refractivity contribution in [1.82, 2.24) is 9.80 Å². The standard InChI is InChI=1S/C18H24ClFN2O4/c1-12(26-16-6-5-13(20)10-15(16)19)18(25)22-8-3-4-14(7-9-22)21(2)11-17(23)24/h5-6,10,12,14H,3-4,7-9,11H2,1-2H3,(H,23,24). The molecule has 1 amide bonds. The van der Waals surface area contributed by atoms with Crippen molar-refractivity contribution in [3.63, 3.8) is 0 Å². The number of amides is 1. The first-order chi connectivity index (χ1) is 12.3. The van der Waals surface area contributed by atoms with Crippen molar-refractivity contribution >= 4 is 23.5 Å². The molecule has 1 N–H and O–H groups in total. The SMILES string of the molecule is CC(Oc1ccc(F)cc1Cl)C(=O)N1CCCC(N(C)CC(=O)O)CC1. The molecule has 1 aromatic rings. The van der Waals surface area contributed by atoms with Gasteiger partial charge in [0.15, 0.2) is 6.10 Å². The van der Waals surface area contributed by atoms with Gasteiger partial charge in [0, 0.05) is 19.1 Å². The molecule has 0 aliphatic carbocycles. The Morgan fingerprint density at radius 1 is 1.42 bits per heavy atom. The highest BCUT2D eigenvalue weighted by Gasteiger charge is 2.27. The van der Waals surface area contributed by atoms with Gasteiger partial charge in [0.2, 0.25) is 0 Å². The van der Waals surface area contributed by atoms with Crippen molar-refractivity contribution in [2.75, 3.05) is 26.7 Å². The first-order valence-corrected chi connectivity index (χ1v) is 8.98. The van der Waals surface area contributed by atoms with Gasteiger partial charge in [-0.25, -0.2) is 4.39 Å². The Morgan fingerprint density at radius 2 is 2.15 bits per heavy atom. The van der Waals surface area contributed by atoms with Crippen LogP contribution >= 0.6 is 11.6 Å². The topological polar surface area (TPSA) is 70.1 Å². The molecule has 0 bridgehead atoms. The van der Waals surface area contributed by atoms with Crippen LogP contribution in [0.1, 0.15) is 26.2 Å². The fourth-order valence-corrected chi connectivity index (χ4v) is 3.36. The number of carboxylic acids is 1. The van der Waals surface area contributed by atoms with E-state index in [1.165, 1.54) is 12.1 Å².